The molecule has 0 spiro atoms. The Balaban J connectivity index is 1.94. The van der Waals surface area contributed by atoms with Gasteiger partial charge in [0.05, 0.1) is 10.6 Å². The molecule has 4 nitrogen and oxygen atoms in total. The molecule has 1 amide bonds. The number of ether oxygens (including phenoxy) is 1. The predicted molar refractivity (Wildman–Crippen MR) is 93.6 cm³/mol. The monoisotopic (exact) mass is 380 g/mol. The molecule has 0 saturated heterocycles. The topological polar surface area (TPSA) is 50.7 Å². The SMILES string of the molecule is C/C(=N/NC(=O)[C@H](C)Oc1cccc(Br)c1)c1ccc(C)s1. The Hall–Kier alpha value is -1.66. The zero-order chi connectivity index (χ0) is 16.1. The van der Waals surface area contributed by atoms with Gasteiger partial charge < -0.3 is 4.74 Å². The first kappa shape index (κ1) is 16.7. The fourth-order valence-corrected chi connectivity index (χ4v) is 2.90. The lowest BCUT2D eigenvalue weighted by Gasteiger charge is -2.13. The number of hydrogen-bond acceptors (Lipinski definition) is 4. The number of thiophene rings is 1. The molecule has 0 saturated carbocycles. The molecule has 0 bridgehead atoms. The van der Waals surface area contributed by atoms with Crippen molar-refractivity contribution in [3.8, 4) is 5.75 Å². The molecule has 0 aliphatic heterocycles. The average molecular weight is 381 g/mol. The molecule has 1 N–H and O–H groups in total. The third-order valence-corrected chi connectivity index (χ3v) is 4.51. The second-order valence-electron chi connectivity index (χ2n) is 4.80. The number of carbonyl (C=O) groups excluding carboxylic acids is 1. The molecule has 116 valence electrons. The van der Waals surface area contributed by atoms with Gasteiger partial charge in [-0.25, -0.2) is 5.43 Å². The molecule has 2 aromatic rings. The van der Waals surface area contributed by atoms with Gasteiger partial charge in [-0.3, -0.25) is 4.79 Å². The molecule has 0 fully saturated rings. The number of nitrogens with zero attached hydrogens (tertiary/aromatic N) is 1. The van der Waals surface area contributed by atoms with Crippen molar-refractivity contribution in [1.82, 2.24) is 5.43 Å². The number of benzene rings is 1. The Labute approximate surface area is 142 Å². The Bertz CT molecular complexity index is 697. The second kappa shape index (κ2) is 7.56. The van der Waals surface area contributed by atoms with Crippen LogP contribution in [-0.2, 0) is 4.79 Å². The summed E-state index contributed by atoms with van der Waals surface area (Å²) < 4.78 is 6.49. The number of hydrazone groups is 1. The highest BCUT2D eigenvalue weighted by Crippen LogP contribution is 2.19. The van der Waals surface area contributed by atoms with Crippen molar-refractivity contribution < 1.29 is 9.53 Å². The van der Waals surface area contributed by atoms with Crippen molar-refractivity contribution in [3.63, 3.8) is 0 Å². The lowest BCUT2D eigenvalue weighted by Crippen LogP contribution is -2.33. The number of halogens is 1. The highest BCUT2D eigenvalue weighted by Gasteiger charge is 2.14. The summed E-state index contributed by atoms with van der Waals surface area (Å²) in [6, 6.07) is 11.4. The fourth-order valence-electron chi connectivity index (χ4n) is 1.71. The molecule has 6 heteroatoms. The number of amides is 1. The summed E-state index contributed by atoms with van der Waals surface area (Å²) in [5.74, 6) is 0.346. The van der Waals surface area contributed by atoms with Gasteiger partial charge in [0.1, 0.15) is 5.75 Å². The number of nitrogens with one attached hydrogen (secondary N) is 1. The third kappa shape index (κ3) is 4.68. The zero-order valence-electron chi connectivity index (χ0n) is 12.6. The van der Waals surface area contributed by atoms with Gasteiger partial charge in [-0.05, 0) is 51.1 Å². The maximum absolute atomic E-state index is 12.0. The maximum Gasteiger partial charge on any atom is 0.280 e. The summed E-state index contributed by atoms with van der Waals surface area (Å²) in [5.41, 5.74) is 3.32. The molecule has 1 heterocycles. The van der Waals surface area contributed by atoms with E-state index in [1.54, 1.807) is 24.3 Å². The van der Waals surface area contributed by atoms with E-state index in [1.165, 1.54) is 4.88 Å². The van der Waals surface area contributed by atoms with Crippen LogP contribution in [0.2, 0.25) is 0 Å². The van der Waals surface area contributed by atoms with E-state index in [-0.39, 0.29) is 5.91 Å². The van der Waals surface area contributed by atoms with Crippen LogP contribution < -0.4 is 10.2 Å². The van der Waals surface area contributed by atoms with E-state index in [0.717, 1.165) is 15.1 Å². The molecule has 0 aliphatic rings. The number of hydrogen-bond donors (Lipinski definition) is 1. The van der Waals surface area contributed by atoms with E-state index >= 15 is 0 Å². The van der Waals surface area contributed by atoms with Crippen LogP contribution in [0.1, 0.15) is 23.6 Å². The summed E-state index contributed by atoms with van der Waals surface area (Å²) in [6.45, 7) is 5.59. The van der Waals surface area contributed by atoms with Crippen molar-refractivity contribution in [1.29, 1.82) is 0 Å². The minimum atomic E-state index is -0.629. The van der Waals surface area contributed by atoms with E-state index < -0.39 is 6.10 Å². The van der Waals surface area contributed by atoms with Gasteiger partial charge in [-0.1, -0.05) is 22.0 Å². The van der Waals surface area contributed by atoms with Crippen LogP contribution in [0.3, 0.4) is 0 Å². The first-order valence-electron chi connectivity index (χ1n) is 6.79. The van der Waals surface area contributed by atoms with Crippen LogP contribution in [0.5, 0.6) is 5.75 Å². The third-order valence-electron chi connectivity index (χ3n) is 2.91. The lowest BCUT2D eigenvalue weighted by molar-refractivity contribution is -0.127. The van der Waals surface area contributed by atoms with Crippen LogP contribution in [0.25, 0.3) is 0 Å². The van der Waals surface area contributed by atoms with Crippen LogP contribution in [-0.4, -0.2) is 17.7 Å². The predicted octanol–water partition coefficient (Wildman–Crippen LogP) is 4.13. The number of carbonyl (C=O) groups is 1. The van der Waals surface area contributed by atoms with Crippen molar-refractivity contribution >= 4 is 38.9 Å². The summed E-state index contributed by atoms with van der Waals surface area (Å²) in [5, 5.41) is 4.13. The van der Waals surface area contributed by atoms with Crippen LogP contribution in [0.15, 0.2) is 46.0 Å². The van der Waals surface area contributed by atoms with Gasteiger partial charge in [-0.2, -0.15) is 5.10 Å². The van der Waals surface area contributed by atoms with Gasteiger partial charge >= 0.3 is 0 Å². The Morgan fingerprint density at radius 2 is 2.14 bits per heavy atom. The molecule has 1 atom stereocenters. The molecular formula is C16H17BrN2O2S. The molecule has 1 aromatic carbocycles. The number of aryl methyl sites for hydroxylation is 1. The normalized spacial score (nSPS) is 12.8. The van der Waals surface area contributed by atoms with Gasteiger partial charge in [0.2, 0.25) is 0 Å². The smallest absolute Gasteiger partial charge is 0.280 e. The van der Waals surface area contributed by atoms with E-state index in [2.05, 4.69) is 26.5 Å². The van der Waals surface area contributed by atoms with E-state index in [4.69, 9.17) is 4.74 Å². The molecule has 0 unspecified atom stereocenters. The Morgan fingerprint density at radius 3 is 2.77 bits per heavy atom. The second-order valence-corrected chi connectivity index (χ2v) is 7.00. The van der Waals surface area contributed by atoms with Crippen molar-refractivity contribution in [2.45, 2.75) is 26.9 Å². The molecule has 22 heavy (non-hydrogen) atoms. The van der Waals surface area contributed by atoms with Gasteiger partial charge in [0.25, 0.3) is 5.91 Å². The van der Waals surface area contributed by atoms with E-state index in [0.29, 0.717) is 5.75 Å². The molecule has 0 radical (unpaired) electrons. The van der Waals surface area contributed by atoms with Crippen LogP contribution in [0, 0.1) is 6.92 Å². The van der Waals surface area contributed by atoms with Crippen molar-refractivity contribution in [3.05, 3.63) is 50.6 Å². The first-order chi connectivity index (χ1) is 10.5. The van der Waals surface area contributed by atoms with Crippen LogP contribution >= 0.6 is 27.3 Å². The summed E-state index contributed by atoms with van der Waals surface area (Å²) >= 11 is 5.01. The lowest BCUT2D eigenvalue weighted by atomic mass is 10.3. The Kier molecular flexibility index (Phi) is 5.74. The zero-order valence-corrected chi connectivity index (χ0v) is 15.0. The molecule has 2 rings (SSSR count). The molecular weight excluding hydrogens is 364 g/mol. The highest BCUT2D eigenvalue weighted by molar-refractivity contribution is 9.10. The quantitative estimate of drug-likeness (QED) is 0.626. The van der Waals surface area contributed by atoms with E-state index in [9.17, 15) is 4.79 Å². The van der Waals surface area contributed by atoms with E-state index in [1.807, 2.05) is 44.2 Å². The minimum Gasteiger partial charge on any atom is -0.481 e. The largest absolute Gasteiger partial charge is 0.481 e. The number of rotatable bonds is 5. The summed E-state index contributed by atoms with van der Waals surface area (Å²) in [4.78, 5) is 14.3. The maximum atomic E-state index is 12.0. The molecule has 0 aliphatic carbocycles. The summed E-state index contributed by atoms with van der Waals surface area (Å²) in [6.07, 6.45) is -0.629. The minimum absolute atomic E-state index is 0.285. The van der Waals surface area contributed by atoms with Crippen molar-refractivity contribution in [2.24, 2.45) is 5.10 Å². The standard InChI is InChI=1S/C16H17BrN2O2S/c1-10-7-8-15(22-10)11(2)18-19-16(20)12(3)21-14-6-4-5-13(17)9-14/h4-9,12H,1-3H3,(H,19,20)/b18-11-/t12-/m0/s1. The average Bonchev–Trinajstić information content (AvgIpc) is 2.91. The highest BCUT2D eigenvalue weighted by atomic mass is 79.9. The van der Waals surface area contributed by atoms with Crippen LogP contribution in [0.4, 0.5) is 0 Å². The van der Waals surface area contributed by atoms with Gasteiger partial charge in [-0.15, -0.1) is 11.3 Å². The summed E-state index contributed by atoms with van der Waals surface area (Å²) in [7, 11) is 0. The van der Waals surface area contributed by atoms with Gasteiger partial charge in [0, 0.05) is 9.35 Å². The Morgan fingerprint density at radius 1 is 1.36 bits per heavy atom. The molecule has 1 aromatic heterocycles. The van der Waals surface area contributed by atoms with Crippen molar-refractivity contribution in [2.75, 3.05) is 0 Å². The van der Waals surface area contributed by atoms with Gasteiger partial charge in [0.15, 0.2) is 6.10 Å². The fraction of sp³-hybridized carbons (Fsp3) is 0.250. The first-order valence-corrected chi connectivity index (χ1v) is 8.40.